The van der Waals surface area contributed by atoms with Gasteiger partial charge in [-0.1, -0.05) is 6.07 Å². The number of carbonyl (C=O) groups is 1. The standard InChI is InChI=1S/C11H9NO2/c13-11(9-4-6-14-8-9)7-10-3-1-2-5-12-10/h1-6,8H,7H2. The molecule has 0 aromatic carbocycles. The van der Waals surface area contributed by atoms with Crippen molar-refractivity contribution in [2.75, 3.05) is 0 Å². The molecule has 2 heterocycles. The lowest BCUT2D eigenvalue weighted by atomic mass is 10.1. The Balaban J connectivity index is 2.10. The van der Waals surface area contributed by atoms with Crippen LogP contribution < -0.4 is 0 Å². The second-order valence-electron chi connectivity index (χ2n) is 2.93. The maximum atomic E-state index is 11.6. The number of nitrogens with zero attached hydrogens (tertiary/aromatic N) is 1. The van der Waals surface area contributed by atoms with Gasteiger partial charge in [-0.15, -0.1) is 0 Å². The van der Waals surface area contributed by atoms with E-state index < -0.39 is 0 Å². The molecule has 70 valence electrons. The third kappa shape index (κ3) is 1.88. The van der Waals surface area contributed by atoms with Gasteiger partial charge in [0.25, 0.3) is 0 Å². The number of furan rings is 1. The average Bonchev–Trinajstić information content (AvgIpc) is 2.72. The molecule has 0 unspecified atom stereocenters. The zero-order valence-electron chi connectivity index (χ0n) is 7.51. The van der Waals surface area contributed by atoms with Gasteiger partial charge in [0.1, 0.15) is 6.26 Å². The molecule has 2 rings (SSSR count). The first-order valence-electron chi connectivity index (χ1n) is 4.31. The van der Waals surface area contributed by atoms with Crippen molar-refractivity contribution < 1.29 is 9.21 Å². The van der Waals surface area contributed by atoms with E-state index in [4.69, 9.17) is 4.42 Å². The quantitative estimate of drug-likeness (QED) is 0.691. The summed E-state index contributed by atoms with van der Waals surface area (Å²) in [5.74, 6) is 0.0254. The first-order valence-corrected chi connectivity index (χ1v) is 4.31. The summed E-state index contributed by atoms with van der Waals surface area (Å²) in [7, 11) is 0. The summed E-state index contributed by atoms with van der Waals surface area (Å²) in [6, 6.07) is 7.18. The second-order valence-corrected chi connectivity index (χ2v) is 2.93. The number of ketones is 1. The van der Waals surface area contributed by atoms with E-state index >= 15 is 0 Å². The summed E-state index contributed by atoms with van der Waals surface area (Å²) in [4.78, 5) is 15.7. The van der Waals surface area contributed by atoms with Gasteiger partial charge in [0.2, 0.25) is 0 Å². The summed E-state index contributed by atoms with van der Waals surface area (Å²) in [5, 5.41) is 0. The Kier molecular flexibility index (Phi) is 2.40. The van der Waals surface area contributed by atoms with E-state index in [9.17, 15) is 4.79 Å². The van der Waals surface area contributed by atoms with E-state index in [1.165, 1.54) is 12.5 Å². The largest absolute Gasteiger partial charge is 0.472 e. The lowest BCUT2D eigenvalue weighted by Gasteiger charge is -1.96. The topological polar surface area (TPSA) is 43.1 Å². The molecule has 0 aliphatic heterocycles. The van der Waals surface area contributed by atoms with Gasteiger partial charge in [-0.2, -0.15) is 0 Å². The number of pyridine rings is 1. The van der Waals surface area contributed by atoms with E-state index in [2.05, 4.69) is 4.98 Å². The Hall–Kier alpha value is -1.90. The second kappa shape index (κ2) is 3.87. The molecule has 0 saturated carbocycles. The number of aromatic nitrogens is 1. The fourth-order valence-corrected chi connectivity index (χ4v) is 1.19. The minimum atomic E-state index is 0.0254. The van der Waals surface area contributed by atoms with Crippen molar-refractivity contribution >= 4 is 5.78 Å². The molecule has 14 heavy (non-hydrogen) atoms. The highest BCUT2D eigenvalue weighted by Crippen LogP contribution is 2.05. The average molecular weight is 187 g/mol. The minimum absolute atomic E-state index is 0.0254. The molecule has 3 nitrogen and oxygen atoms in total. The van der Waals surface area contributed by atoms with E-state index in [0.29, 0.717) is 12.0 Å². The molecular weight excluding hydrogens is 178 g/mol. The van der Waals surface area contributed by atoms with Gasteiger partial charge in [-0.25, -0.2) is 0 Å². The molecule has 0 spiro atoms. The maximum absolute atomic E-state index is 11.6. The molecule has 0 radical (unpaired) electrons. The molecule has 0 fully saturated rings. The summed E-state index contributed by atoms with van der Waals surface area (Å²) in [6.45, 7) is 0. The molecule has 3 heteroatoms. The van der Waals surface area contributed by atoms with Crippen molar-refractivity contribution in [2.24, 2.45) is 0 Å². The molecule has 0 N–H and O–H groups in total. The summed E-state index contributed by atoms with van der Waals surface area (Å²) >= 11 is 0. The predicted octanol–water partition coefficient (Wildman–Crippen LogP) is 2.10. The van der Waals surface area contributed by atoms with Gasteiger partial charge in [0.05, 0.1) is 18.2 Å². The molecule has 0 aliphatic rings. The molecule has 0 saturated heterocycles. The van der Waals surface area contributed by atoms with Crippen molar-refractivity contribution in [1.82, 2.24) is 4.98 Å². The number of Topliss-reactive ketones (excluding diaryl/α,β-unsaturated/α-hetero) is 1. The van der Waals surface area contributed by atoms with Crippen LogP contribution in [0.3, 0.4) is 0 Å². The van der Waals surface area contributed by atoms with Crippen molar-refractivity contribution in [2.45, 2.75) is 6.42 Å². The van der Waals surface area contributed by atoms with E-state index in [1.807, 2.05) is 18.2 Å². The molecule has 0 atom stereocenters. The summed E-state index contributed by atoms with van der Waals surface area (Å²) in [5.41, 5.74) is 1.37. The lowest BCUT2D eigenvalue weighted by Crippen LogP contribution is -2.03. The molecule has 2 aromatic heterocycles. The van der Waals surface area contributed by atoms with Gasteiger partial charge in [-0.3, -0.25) is 9.78 Å². The Morgan fingerprint density at radius 3 is 2.93 bits per heavy atom. The third-order valence-corrected chi connectivity index (χ3v) is 1.91. The highest BCUT2D eigenvalue weighted by atomic mass is 16.3. The highest BCUT2D eigenvalue weighted by molar-refractivity contribution is 5.96. The fourth-order valence-electron chi connectivity index (χ4n) is 1.19. The monoisotopic (exact) mass is 187 g/mol. The Morgan fingerprint density at radius 2 is 2.29 bits per heavy atom. The van der Waals surface area contributed by atoms with Crippen LogP contribution in [0.1, 0.15) is 16.1 Å². The van der Waals surface area contributed by atoms with Crippen LogP contribution in [-0.4, -0.2) is 10.8 Å². The first kappa shape index (κ1) is 8.69. The Morgan fingerprint density at radius 1 is 1.36 bits per heavy atom. The number of hydrogen-bond donors (Lipinski definition) is 0. The van der Waals surface area contributed by atoms with Crippen LogP contribution in [0.2, 0.25) is 0 Å². The smallest absolute Gasteiger partial charge is 0.172 e. The van der Waals surface area contributed by atoms with Gasteiger partial charge in [0.15, 0.2) is 5.78 Å². The zero-order valence-corrected chi connectivity index (χ0v) is 7.51. The van der Waals surface area contributed by atoms with Crippen molar-refractivity contribution in [3.63, 3.8) is 0 Å². The summed E-state index contributed by atoms with van der Waals surface area (Å²) < 4.78 is 4.83. The van der Waals surface area contributed by atoms with Crippen LogP contribution >= 0.6 is 0 Å². The zero-order chi connectivity index (χ0) is 9.80. The van der Waals surface area contributed by atoms with Gasteiger partial charge >= 0.3 is 0 Å². The minimum Gasteiger partial charge on any atom is -0.472 e. The molecule has 0 bridgehead atoms. The number of carbonyl (C=O) groups excluding carboxylic acids is 1. The number of hydrogen-bond acceptors (Lipinski definition) is 3. The SMILES string of the molecule is O=C(Cc1ccccn1)c1ccoc1. The highest BCUT2D eigenvalue weighted by Gasteiger charge is 2.08. The van der Waals surface area contributed by atoms with E-state index in [0.717, 1.165) is 5.69 Å². The van der Waals surface area contributed by atoms with Gasteiger partial charge < -0.3 is 4.42 Å². The molecule has 0 amide bonds. The normalized spacial score (nSPS) is 10.0. The Labute approximate surface area is 81.4 Å². The lowest BCUT2D eigenvalue weighted by molar-refractivity contribution is 0.0991. The van der Waals surface area contributed by atoms with Crippen LogP contribution in [0.5, 0.6) is 0 Å². The van der Waals surface area contributed by atoms with Crippen molar-refractivity contribution in [3.05, 3.63) is 54.2 Å². The molecule has 2 aromatic rings. The van der Waals surface area contributed by atoms with Crippen LogP contribution in [0.4, 0.5) is 0 Å². The van der Waals surface area contributed by atoms with Crippen LogP contribution in [0.25, 0.3) is 0 Å². The molecule has 0 aliphatic carbocycles. The van der Waals surface area contributed by atoms with E-state index in [-0.39, 0.29) is 5.78 Å². The predicted molar refractivity (Wildman–Crippen MR) is 51.0 cm³/mol. The van der Waals surface area contributed by atoms with Crippen LogP contribution in [-0.2, 0) is 6.42 Å². The van der Waals surface area contributed by atoms with Crippen LogP contribution in [0.15, 0.2) is 47.4 Å². The number of rotatable bonds is 3. The first-order chi connectivity index (χ1) is 6.86. The fraction of sp³-hybridized carbons (Fsp3) is 0.0909. The van der Waals surface area contributed by atoms with Crippen molar-refractivity contribution in [3.8, 4) is 0 Å². The van der Waals surface area contributed by atoms with Crippen molar-refractivity contribution in [1.29, 1.82) is 0 Å². The Bertz CT molecular complexity index is 406. The summed E-state index contributed by atoms with van der Waals surface area (Å²) in [6.07, 6.45) is 4.94. The molecular formula is C11H9NO2. The van der Waals surface area contributed by atoms with Gasteiger partial charge in [-0.05, 0) is 18.2 Å². The van der Waals surface area contributed by atoms with E-state index in [1.54, 1.807) is 12.3 Å². The third-order valence-electron chi connectivity index (χ3n) is 1.91. The van der Waals surface area contributed by atoms with Crippen LogP contribution in [0, 0.1) is 0 Å². The van der Waals surface area contributed by atoms with Gasteiger partial charge in [0, 0.05) is 11.9 Å². The maximum Gasteiger partial charge on any atom is 0.172 e.